The Bertz CT molecular complexity index is 1500. The number of hydrogen-bond donors (Lipinski definition) is 0. The minimum atomic E-state index is -10.3. The normalized spacial score (nSPS) is 18.7. The third kappa shape index (κ3) is 6.43. The molecule has 2 unspecified atom stereocenters. The van der Waals surface area contributed by atoms with Crippen LogP contribution in [0.1, 0.15) is 0 Å². The van der Waals surface area contributed by atoms with Gasteiger partial charge in [0.1, 0.15) is 0 Å². The quantitative estimate of drug-likeness (QED) is 0.132. The second kappa shape index (κ2) is 13.4. The molecule has 0 bridgehead atoms. The van der Waals surface area contributed by atoms with Gasteiger partial charge in [0, 0.05) is 11.1 Å². The highest BCUT2D eigenvalue weighted by molar-refractivity contribution is 6.01. The van der Waals surface area contributed by atoms with Crippen molar-refractivity contribution in [1.29, 1.82) is 0 Å². The number of carbonyl (C=O) groups is 2. The maximum absolute atomic E-state index is 15.3. The first-order chi connectivity index (χ1) is 24.4. The first-order valence-corrected chi connectivity index (χ1v) is 12.0. The van der Waals surface area contributed by atoms with Crippen molar-refractivity contribution in [3.8, 4) is 0 Å². The number of carboxylic acids is 2. The van der Waals surface area contributed by atoms with Crippen LogP contribution in [-0.2, 0) is 9.59 Å². The summed E-state index contributed by atoms with van der Waals surface area (Å²) in [6.07, 6.45) is -36.3. The van der Waals surface area contributed by atoms with Gasteiger partial charge in [-0.15, -0.1) is 0 Å². The molecule has 344 valence electrons. The molecule has 0 aromatic carbocycles. The summed E-state index contributed by atoms with van der Waals surface area (Å²) in [5, 5.41) is 22.3. The average molecular weight is 950 g/mol. The van der Waals surface area contributed by atoms with E-state index in [9.17, 15) is 160 Å². The third-order valence-corrected chi connectivity index (χ3v) is 6.86. The van der Waals surface area contributed by atoms with Gasteiger partial charge in [-0.05, 0) is 0 Å². The van der Waals surface area contributed by atoms with Gasteiger partial charge in [0.2, 0.25) is 0 Å². The lowest BCUT2D eigenvalue weighted by Gasteiger charge is -2.48. The molecular weight excluding hydrogens is 950 g/mol. The summed E-state index contributed by atoms with van der Waals surface area (Å²) >= 11 is 0. The van der Waals surface area contributed by atoms with Gasteiger partial charge in [0.25, 0.3) is 0 Å². The van der Waals surface area contributed by atoms with Gasteiger partial charge in [-0.1, -0.05) is 0 Å². The zero-order valence-corrected chi connectivity index (χ0v) is 24.5. The second-order valence-corrected chi connectivity index (χ2v) is 10.4. The Morgan fingerprint density at radius 1 is 0.224 bits per heavy atom. The summed E-state index contributed by atoms with van der Waals surface area (Å²) < 4.78 is 463. The molecule has 0 spiro atoms. The molecule has 0 fully saturated rings. The van der Waals surface area contributed by atoms with Crippen LogP contribution >= 0.6 is 0 Å². The van der Waals surface area contributed by atoms with Crippen LogP contribution in [-0.4, -0.2) is 107 Å². The molecule has 58 heavy (non-hydrogen) atoms. The van der Waals surface area contributed by atoms with Gasteiger partial charge in [-0.25, -0.2) is 8.78 Å². The van der Waals surface area contributed by atoms with Crippen molar-refractivity contribution in [1.82, 2.24) is 0 Å². The van der Waals surface area contributed by atoms with E-state index in [0.29, 0.717) is 0 Å². The lowest BCUT2D eigenvalue weighted by molar-refractivity contribution is -0.456. The summed E-state index contributed by atoms with van der Waals surface area (Å²) in [6.45, 7) is 0. The van der Waals surface area contributed by atoms with E-state index in [1.54, 1.807) is 0 Å². The molecule has 0 N–H and O–H groups in total. The SMILES string of the molecule is O=C([O-])/C(=C(\C(=O)[O-])C(F)(C(F)(F)F)C(F)(F)C(F)(F)C(F)(F)C(F)(F)C(F)(F)C(F)(F)F)C(F)(C(F)(F)F)C(F)(F)C(F)(F)C(F)(F)C(F)(F)C(F)(F)C(F)(F)F. The molecule has 0 aliphatic rings. The number of halogens is 34. The Morgan fingerprint density at radius 2 is 0.362 bits per heavy atom. The Labute approximate surface area is 289 Å². The van der Waals surface area contributed by atoms with E-state index in [1.165, 1.54) is 0 Å². The van der Waals surface area contributed by atoms with Gasteiger partial charge in [-0.2, -0.15) is 140 Å². The lowest BCUT2D eigenvalue weighted by Crippen LogP contribution is -2.77. The molecule has 0 saturated carbocycles. The summed E-state index contributed by atoms with van der Waals surface area (Å²) in [6, 6.07) is 0. The predicted octanol–water partition coefficient (Wildman–Crippen LogP) is 7.80. The maximum Gasteiger partial charge on any atom is 0.460 e. The van der Waals surface area contributed by atoms with Gasteiger partial charge in [0.15, 0.2) is 0 Å². The highest BCUT2D eigenvalue weighted by Crippen LogP contribution is 2.68. The molecular formula is C20F34O4-2. The minimum Gasteiger partial charge on any atom is -0.545 e. The fraction of sp³-hybridized carbons (Fsp3) is 0.800. The van der Waals surface area contributed by atoms with Crippen LogP contribution in [0.3, 0.4) is 0 Å². The van der Waals surface area contributed by atoms with E-state index in [-0.39, 0.29) is 0 Å². The van der Waals surface area contributed by atoms with Crippen LogP contribution in [0.5, 0.6) is 0 Å². The number of rotatable bonds is 14. The van der Waals surface area contributed by atoms with E-state index in [2.05, 4.69) is 0 Å². The maximum atomic E-state index is 15.3. The zero-order valence-electron chi connectivity index (χ0n) is 24.5. The first-order valence-electron chi connectivity index (χ1n) is 12.0. The number of hydrogen-bond acceptors (Lipinski definition) is 4. The predicted molar refractivity (Wildman–Crippen MR) is 98.4 cm³/mol. The number of aliphatic carboxylic acids is 2. The highest BCUT2D eigenvalue weighted by atomic mass is 19.5. The Morgan fingerprint density at radius 3 is 0.483 bits per heavy atom. The number of carboxylic acid groups (broad SMARTS) is 2. The molecule has 2 atom stereocenters. The first kappa shape index (κ1) is 54.3. The number of carbonyl (C=O) groups excluding carboxylic acids is 2. The molecule has 0 aliphatic carbocycles. The molecule has 0 aromatic rings. The molecule has 4 nitrogen and oxygen atoms in total. The van der Waals surface area contributed by atoms with Crippen molar-refractivity contribution < 1.29 is 169 Å². The molecule has 0 amide bonds. The molecule has 0 aliphatic heterocycles. The smallest absolute Gasteiger partial charge is 0.460 e. The van der Waals surface area contributed by atoms with Crippen LogP contribution in [0.2, 0.25) is 0 Å². The van der Waals surface area contributed by atoms with Crippen molar-refractivity contribution in [3.05, 3.63) is 11.1 Å². The molecule has 38 heteroatoms. The van der Waals surface area contributed by atoms with Crippen LogP contribution < -0.4 is 10.2 Å². The van der Waals surface area contributed by atoms with E-state index in [0.717, 1.165) is 0 Å². The monoisotopic (exact) mass is 950 g/mol. The largest absolute Gasteiger partial charge is 0.545 e. The molecule has 0 saturated heterocycles. The van der Waals surface area contributed by atoms with Gasteiger partial charge in [0.05, 0.1) is 11.9 Å². The van der Waals surface area contributed by atoms with E-state index in [1.807, 2.05) is 0 Å². The minimum absolute atomic E-state index is 6.03. The van der Waals surface area contributed by atoms with Crippen molar-refractivity contribution in [3.63, 3.8) is 0 Å². The average Bonchev–Trinajstić information content (AvgIpc) is 2.95. The van der Waals surface area contributed by atoms with E-state index >= 15 is 8.78 Å². The summed E-state index contributed by atoms with van der Waals surface area (Å²) in [5.74, 6) is -111. The van der Waals surface area contributed by atoms with Crippen LogP contribution in [0.15, 0.2) is 11.1 Å². The fourth-order valence-electron chi connectivity index (χ4n) is 3.76. The van der Waals surface area contributed by atoms with Gasteiger partial charge >= 0.3 is 95.3 Å². The Hall–Kier alpha value is -3.70. The van der Waals surface area contributed by atoms with Crippen LogP contribution in [0.4, 0.5) is 149 Å². The van der Waals surface area contributed by atoms with Crippen molar-refractivity contribution in [2.24, 2.45) is 0 Å². The molecule has 0 radical (unpaired) electrons. The third-order valence-electron chi connectivity index (χ3n) is 6.86. The Kier molecular flexibility index (Phi) is 12.5. The second-order valence-electron chi connectivity index (χ2n) is 10.4. The zero-order chi connectivity index (χ0) is 48.3. The standard InChI is InChI=1S/C20H2F34O4/c21-5(17(43,44)45,7(23,24)9(27,28)11(31,32)13(35,36)15(39,40)19(49,50)51)1(3(55)56)2(4(57)58)6(22,18(46,47)48)8(25,26)10(29,30)12(33,34)14(37,38)16(41,42)20(52,53)54/h(H,55,56)(H,57,58)/p-2/b2-1-. The molecule has 0 aromatic heterocycles. The Balaban J connectivity index is 9.41. The highest BCUT2D eigenvalue weighted by Gasteiger charge is 2.98. The summed E-state index contributed by atoms with van der Waals surface area (Å²) in [5.41, 5.74) is -33.8. The van der Waals surface area contributed by atoms with Crippen molar-refractivity contribution in [2.45, 2.75) is 95.3 Å². The van der Waals surface area contributed by atoms with Crippen LogP contribution in [0.25, 0.3) is 0 Å². The summed E-state index contributed by atoms with van der Waals surface area (Å²) in [4.78, 5) is 22.3. The van der Waals surface area contributed by atoms with Crippen molar-refractivity contribution in [2.75, 3.05) is 0 Å². The topological polar surface area (TPSA) is 80.3 Å². The van der Waals surface area contributed by atoms with Gasteiger partial charge < -0.3 is 19.8 Å². The molecule has 0 rings (SSSR count). The van der Waals surface area contributed by atoms with E-state index < -0.39 is 118 Å². The van der Waals surface area contributed by atoms with Gasteiger partial charge in [-0.3, -0.25) is 0 Å². The summed E-state index contributed by atoms with van der Waals surface area (Å²) in [7, 11) is 0. The fourth-order valence-corrected chi connectivity index (χ4v) is 3.76. The lowest BCUT2D eigenvalue weighted by atomic mass is 9.73. The number of alkyl halides is 34. The van der Waals surface area contributed by atoms with Crippen LogP contribution in [0, 0.1) is 0 Å². The van der Waals surface area contributed by atoms with E-state index in [4.69, 9.17) is 0 Å². The van der Waals surface area contributed by atoms with Crippen molar-refractivity contribution >= 4 is 11.9 Å². The molecule has 0 heterocycles.